The molecule has 1 N–H and O–H groups in total. The highest BCUT2D eigenvalue weighted by atomic mass is 16.6. The Bertz CT molecular complexity index is 1110. The molecule has 2 saturated heterocycles. The molecule has 37 heavy (non-hydrogen) atoms. The first kappa shape index (κ1) is 26.7. The molecule has 0 aromatic heterocycles. The van der Waals surface area contributed by atoms with Crippen molar-refractivity contribution in [2.75, 3.05) is 18.4 Å². The van der Waals surface area contributed by atoms with E-state index in [0.29, 0.717) is 31.2 Å². The van der Waals surface area contributed by atoms with Crippen molar-refractivity contribution in [2.45, 2.75) is 77.4 Å². The molecule has 0 spiro atoms. The molecule has 4 rings (SSSR count). The number of morpholine rings is 1. The first-order valence-electron chi connectivity index (χ1n) is 12.9. The molecule has 0 radical (unpaired) electrons. The van der Waals surface area contributed by atoms with Crippen LogP contribution in [0.4, 0.5) is 10.5 Å². The maximum absolute atomic E-state index is 13.6. The van der Waals surface area contributed by atoms with Gasteiger partial charge in [0.1, 0.15) is 11.7 Å². The number of amides is 3. The predicted molar refractivity (Wildman–Crippen MR) is 141 cm³/mol. The van der Waals surface area contributed by atoms with Crippen molar-refractivity contribution in [3.05, 3.63) is 65.7 Å². The Kier molecular flexibility index (Phi) is 7.87. The zero-order chi connectivity index (χ0) is 26.7. The van der Waals surface area contributed by atoms with Crippen molar-refractivity contribution >= 4 is 23.6 Å². The van der Waals surface area contributed by atoms with Gasteiger partial charge in [-0.05, 0) is 49.9 Å². The van der Waals surface area contributed by atoms with Crippen LogP contribution in [0, 0.1) is 0 Å². The van der Waals surface area contributed by atoms with Crippen LogP contribution in [0.1, 0.15) is 58.1 Å². The molecule has 0 aliphatic carbocycles. The Hall–Kier alpha value is -3.39. The first-order chi connectivity index (χ1) is 17.5. The number of carbonyl (C=O) groups is 3. The number of benzene rings is 2. The maximum Gasteiger partial charge on any atom is 0.410 e. The number of anilines is 1. The van der Waals surface area contributed by atoms with Gasteiger partial charge in [-0.25, -0.2) is 4.79 Å². The van der Waals surface area contributed by atoms with E-state index in [-0.39, 0.29) is 24.3 Å². The smallest absolute Gasteiger partial charge is 0.410 e. The van der Waals surface area contributed by atoms with Crippen molar-refractivity contribution in [1.29, 1.82) is 0 Å². The number of nitrogens with one attached hydrogen (secondary N) is 1. The first-order valence-corrected chi connectivity index (χ1v) is 12.9. The number of nitrogens with zero attached hydrogens (tertiary/aromatic N) is 2. The summed E-state index contributed by atoms with van der Waals surface area (Å²) in [7, 11) is 0. The fraction of sp³-hybridized carbons (Fsp3) is 0.483. The van der Waals surface area contributed by atoms with Gasteiger partial charge in [-0.15, -0.1) is 0 Å². The maximum atomic E-state index is 13.6. The number of rotatable bonds is 6. The number of carbonyl (C=O) groups excluding carboxylic acids is 3. The highest BCUT2D eigenvalue weighted by Gasteiger charge is 2.49. The minimum absolute atomic E-state index is 0.105. The summed E-state index contributed by atoms with van der Waals surface area (Å²) in [5.74, 6) is -0.148. The molecule has 3 unspecified atom stereocenters. The van der Waals surface area contributed by atoms with Crippen molar-refractivity contribution < 1.29 is 23.9 Å². The van der Waals surface area contributed by atoms with E-state index in [9.17, 15) is 14.4 Å². The highest BCUT2D eigenvalue weighted by Crippen LogP contribution is 2.30. The zero-order valence-electron chi connectivity index (χ0n) is 22.3. The summed E-state index contributed by atoms with van der Waals surface area (Å²) in [6, 6.07) is 17.1. The van der Waals surface area contributed by atoms with Gasteiger partial charge in [0.2, 0.25) is 5.91 Å². The second-order valence-electron chi connectivity index (χ2n) is 11.1. The standard InChI is InChI=1S/C29H37N3O5/c1-19(2)21-11-13-22(14-12-21)30-26(33)15-24-27(34)32(16-20-9-7-6-8-10-20)23-17-31(18-25(23)36-24)28(35)37-29(3,4)5/h6-14,19,23-25H,15-18H2,1-5H3,(H,30,33). The number of likely N-dealkylation sites (tertiary alicyclic amines) is 1. The Balaban J connectivity index is 1.48. The van der Waals surface area contributed by atoms with E-state index in [4.69, 9.17) is 9.47 Å². The molecule has 2 fully saturated rings. The van der Waals surface area contributed by atoms with Gasteiger partial charge in [0.25, 0.3) is 5.91 Å². The van der Waals surface area contributed by atoms with Gasteiger partial charge in [0.05, 0.1) is 25.1 Å². The third-order valence-electron chi connectivity index (χ3n) is 6.61. The predicted octanol–water partition coefficient (Wildman–Crippen LogP) is 4.55. The molecule has 2 heterocycles. The Morgan fingerprint density at radius 3 is 2.35 bits per heavy atom. The molecule has 3 atom stereocenters. The topological polar surface area (TPSA) is 88.2 Å². The van der Waals surface area contributed by atoms with Crippen LogP contribution in [-0.4, -0.2) is 64.6 Å². The minimum Gasteiger partial charge on any atom is -0.444 e. The largest absolute Gasteiger partial charge is 0.444 e. The van der Waals surface area contributed by atoms with E-state index in [2.05, 4.69) is 19.2 Å². The molecule has 2 aromatic carbocycles. The summed E-state index contributed by atoms with van der Waals surface area (Å²) < 4.78 is 11.7. The SMILES string of the molecule is CC(C)c1ccc(NC(=O)CC2OC3CN(C(=O)OC(C)(C)C)CC3N(Cc3ccccc3)C2=O)cc1. The molecule has 3 amide bonds. The van der Waals surface area contributed by atoms with Gasteiger partial charge < -0.3 is 24.6 Å². The van der Waals surface area contributed by atoms with Gasteiger partial charge in [0.15, 0.2) is 0 Å². The Morgan fingerprint density at radius 2 is 1.73 bits per heavy atom. The highest BCUT2D eigenvalue weighted by molar-refractivity contribution is 5.95. The van der Waals surface area contributed by atoms with Crippen LogP contribution in [-0.2, 0) is 25.6 Å². The summed E-state index contributed by atoms with van der Waals surface area (Å²) in [5.41, 5.74) is 2.20. The van der Waals surface area contributed by atoms with E-state index in [1.54, 1.807) is 9.80 Å². The Labute approximate surface area is 218 Å². The lowest BCUT2D eigenvalue weighted by atomic mass is 10.0. The molecule has 198 valence electrons. The van der Waals surface area contributed by atoms with Gasteiger partial charge in [0, 0.05) is 18.8 Å². The van der Waals surface area contributed by atoms with E-state index < -0.39 is 23.9 Å². The fourth-order valence-corrected chi connectivity index (χ4v) is 4.73. The molecule has 2 aromatic rings. The molecular weight excluding hydrogens is 470 g/mol. The van der Waals surface area contributed by atoms with E-state index in [1.807, 2.05) is 75.4 Å². The second kappa shape index (κ2) is 10.9. The van der Waals surface area contributed by atoms with Crippen LogP contribution in [0.2, 0.25) is 0 Å². The average molecular weight is 508 g/mol. The van der Waals surface area contributed by atoms with Crippen molar-refractivity contribution in [1.82, 2.24) is 9.80 Å². The number of ether oxygens (including phenoxy) is 2. The molecule has 2 aliphatic rings. The van der Waals surface area contributed by atoms with Crippen molar-refractivity contribution in [3.63, 3.8) is 0 Å². The third-order valence-corrected chi connectivity index (χ3v) is 6.61. The van der Waals surface area contributed by atoms with Gasteiger partial charge >= 0.3 is 6.09 Å². The van der Waals surface area contributed by atoms with Gasteiger partial charge in [-0.2, -0.15) is 0 Å². The molecule has 8 nitrogen and oxygen atoms in total. The van der Waals surface area contributed by atoms with Crippen LogP contribution < -0.4 is 5.32 Å². The molecular formula is C29H37N3O5. The number of hydrogen-bond donors (Lipinski definition) is 1. The summed E-state index contributed by atoms with van der Waals surface area (Å²) >= 11 is 0. The van der Waals surface area contributed by atoms with Crippen LogP contribution in [0.5, 0.6) is 0 Å². The number of fused-ring (bicyclic) bond motifs is 1. The summed E-state index contributed by atoms with van der Waals surface area (Å²) in [6.07, 6.45) is -1.88. The van der Waals surface area contributed by atoms with Crippen LogP contribution in [0.3, 0.4) is 0 Å². The summed E-state index contributed by atoms with van der Waals surface area (Å²) in [5, 5.41) is 2.88. The fourth-order valence-electron chi connectivity index (χ4n) is 4.73. The minimum atomic E-state index is -0.932. The normalized spacial score (nSPS) is 21.7. The van der Waals surface area contributed by atoms with E-state index in [0.717, 1.165) is 5.56 Å². The van der Waals surface area contributed by atoms with Crippen molar-refractivity contribution in [2.24, 2.45) is 0 Å². The zero-order valence-corrected chi connectivity index (χ0v) is 22.3. The lowest BCUT2D eigenvalue weighted by Gasteiger charge is -2.40. The summed E-state index contributed by atoms with van der Waals surface area (Å²) in [6.45, 7) is 10.7. The molecule has 0 saturated carbocycles. The van der Waals surface area contributed by atoms with Gasteiger partial charge in [-0.3, -0.25) is 9.59 Å². The molecule has 2 aliphatic heterocycles. The third kappa shape index (κ3) is 6.68. The molecule has 8 heteroatoms. The lowest BCUT2D eigenvalue weighted by molar-refractivity contribution is -0.169. The van der Waals surface area contributed by atoms with Gasteiger partial charge in [-0.1, -0.05) is 56.3 Å². The van der Waals surface area contributed by atoms with Crippen LogP contribution in [0.15, 0.2) is 54.6 Å². The second-order valence-corrected chi connectivity index (χ2v) is 11.1. The van der Waals surface area contributed by atoms with Crippen LogP contribution in [0.25, 0.3) is 0 Å². The Morgan fingerprint density at radius 1 is 1.05 bits per heavy atom. The van der Waals surface area contributed by atoms with Crippen molar-refractivity contribution in [3.8, 4) is 0 Å². The van der Waals surface area contributed by atoms with E-state index >= 15 is 0 Å². The van der Waals surface area contributed by atoms with Crippen LogP contribution >= 0.6 is 0 Å². The lowest BCUT2D eigenvalue weighted by Crippen LogP contribution is -2.58. The quantitative estimate of drug-likeness (QED) is 0.620. The monoisotopic (exact) mass is 507 g/mol. The average Bonchev–Trinajstić information content (AvgIpc) is 3.26. The van der Waals surface area contributed by atoms with E-state index in [1.165, 1.54) is 5.56 Å². The summed E-state index contributed by atoms with van der Waals surface area (Å²) in [4.78, 5) is 42.6. The number of hydrogen-bond acceptors (Lipinski definition) is 5. The molecule has 0 bridgehead atoms.